The number of esters is 4. The minimum absolute atomic E-state index is 0.0147. The van der Waals surface area contributed by atoms with E-state index in [-0.39, 0.29) is 86.2 Å². The van der Waals surface area contributed by atoms with E-state index in [4.69, 9.17) is 28.9 Å². The van der Waals surface area contributed by atoms with Crippen LogP contribution in [0.2, 0.25) is 0 Å². The minimum Gasteiger partial charge on any atom is -0.466 e. The van der Waals surface area contributed by atoms with Crippen LogP contribution in [0.25, 0.3) is 0 Å². The number of piperidine rings is 2. The highest BCUT2D eigenvalue weighted by molar-refractivity contribution is 6.17. The fraction of sp³-hybridized carbons (Fsp3) is 0.321. The maximum Gasteiger partial charge on any atom is 0.357 e. The van der Waals surface area contributed by atoms with Crippen molar-refractivity contribution in [3.05, 3.63) is 154 Å². The van der Waals surface area contributed by atoms with Gasteiger partial charge in [0.1, 0.15) is 11.7 Å². The zero-order chi connectivity index (χ0) is 48.2. The zero-order valence-corrected chi connectivity index (χ0v) is 38.7. The first-order valence-corrected chi connectivity index (χ1v) is 22.9. The molecule has 4 aromatic rings. The Hall–Kier alpha value is -7.88. The van der Waals surface area contributed by atoms with Crippen LogP contribution < -0.4 is 9.80 Å². The largest absolute Gasteiger partial charge is 0.466 e. The van der Waals surface area contributed by atoms with Crippen molar-refractivity contribution >= 4 is 58.7 Å². The predicted molar refractivity (Wildman–Crippen MR) is 253 cm³/mol. The number of aliphatic imine (C=N–C) groups is 2. The fourth-order valence-corrected chi connectivity index (χ4v) is 11.8. The molecule has 69 heavy (non-hydrogen) atoms. The van der Waals surface area contributed by atoms with Gasteiger partial charge in [0.25, 0.3) is 0 Å². The molecule has 16 nitrogen and oxygen atoms in total. The lowest BCUT2D eigenvalue weighted by molar-refractivity contribution is -0.140. The fourth-order valence-electron chi connectivity index (χ4n) is 11.8. The second-order valence-electron chi connectivity index (χ2n) is 17.8. The number of anilines is 2. The summed E-state index contributed by atoms with van der Waals surface area (Å²) in [5.41, 5.74) is 2.34. The normalized spacial score (nSPS) is 23.2. The highest BCUT2D eigenvalue weighted by atomic mass is 16.5. The summed E-state index contributed by atoms with van der Waals surface area (Å²) in [5, 5.41) is 0. The molecule has 352 valence electrons. The van der Waals surface area contributed by atoms with E-state index in [0.717, 1.165) is 33.6 Å². The van der Waals surface area contributed by atoms with Crippen LogP contribution in [0.5, 0.6) is 0 Å². The summed E-state index contributed by atoms with van der Waals surface area (Å²) in [4.78, 5) is 102. The van der Waals surface area contributed by atoms with Gasteiger partial charge in [-0.25, -0.2) is 29.2 Å². The second kappa shape index (κ2) is 17.6. The molecule has 4 aromatic carbocycles. The summed E-state index contributed by atoms with van der Waals surface area (Å²) < 4.78 is 21.4. The Balaban J connectivity index is 1.09. The number of amides is 2. The molecule has 4 atom stereocenters. The summed E-state index contributed by atoms with van der Waals surface area (Å²) in [6.07, 6.45) is 1.25. The number of para-hydroxylation sites is 2. The monoisotopic (exact) mass is 930 g/mol. The molecule has 16 heteroatoms. The number of hydrogen-bond donors (Lipinski definition) is 0. The van der Waals surface area contributed by atoms with Gasteiger partial charge in [0.15, 0.2) is 11.4 Å². The number of amidine groups is 2. The SMILES string of the molecule is COC(=O)C1=C(C(=O)OC)[C@@H]2N(CCCN3c4ccccc4[C@]45CCC(=O)N(Cc6ccccc6)C4=NC(C(=O)OC)=C(C(=O)OC)[C@H]35)c3ccccc3[C@@]23CCC(=O)N(Cc2ccccc2)C3=N1. The molecule has 2 saturated heterocycles. The highest BCUT2D eigenvalue weighted by Crippen LogP contribution is 2.58. The molecule has 0 unspecified atom stereocenters. The van der Waals surface area contributed by atoms with Crippen molar-refractivity contribution in [1.29, 1.82) is 0 Å². The van der Waals surface area contributed by atoms with Gasteiger partial charge in [-0.05, 0) is 53.6 Å². The van der Waals surface area contributed by atoms with E-state index >= 15 is 0 Å². The summed E-state index contributed by atoms with van der Waals surface area (Å²) in [7, 11) is 4.95. The third-order valence-electron chi connectivity index (χ3n) is 14.5. The number of ether oxygens (including phenoxy) is 4. The van der Waals surface area contributed by atoms with Crippen LogP contribution in [0.3, 0.4) is 0 Å². The molecule has 0 radical (unpaired) electrons. The summed E-state index contributed by atoms with van der Waals surface area (Å²) in [6, 6.07) is 32.9. The predicted octanol–water partition coefficient (Wildman–Crippen LogP) is 5.30. The standard InChI is InChI=1S/C53H50N6O10/c1-66-46(62)40-42(48(64)68-3)54-50-52(26-24-38(60)58(50)30-32-16-7-5-8-17-32)34-20-11-13-22-36(34)56(44(40)52)28-15-29-57-37-23-14-12-21-35(37)53-27-25-39(61)59(31-33-18-9-6-10-19-33)51(53)55-43(49(65)69-4)41(45(53)57)47(63)67-2/h5-14,16-23,44-45H,15,24-31H2,1-4H3/t44-,45-,52-,53-/m0/s1. The van der Waals surface area contributed by atoms with E-state index in [1.54, 1.807) is 9.80 Å². The molecule has 0 bridgehead atoms. The van der Waals surface area contributed by atoms with Crippen LogP contribution in [-0.4, -0.2) is 111 Å². The molecule has 0 saturated carbocycles. The number of carbonyl (C=O) groups excluding carboxylic acids is 6. The van der Waals surface area contributed by atoms with Gasteiger partial charge >= 0.3 is 23.9 Å². The summed E-state index contributed by atoms with van der Waals surface area (Å²) >= 11 is 0. The maximum absolute atomic E-state index is 14.3. The number of rotatable bonds is 12. The molecular weight excluding hydrogens is 881 g/mol. The molecule has 10 rings (SSSR count). The maximum atomic E-state index is 14.3. The van der Waals surface area contributed by atoms with E-state index in [1.807, 2.05) is 109 Å². The van der Waals surface area contributed by atoms with Crippen LogP contribution in [0.15, 0.2) is 142 Å². The molecule has 0 N–H and O–H groups in total. The smallest absolute Gasteiger partial charge is 0.357 e. The van der Waals surface area contributed by atoms with Gasteiger partial charge in [0.05, 0.1) is 75.6 Å². The Kier molecular flexibility index (Phi) is 11.5. The Morgan fingerprint density at radius 2 is 0.884 bits per heavy atom. The Morgan fingerprint density at radius 3 is 1.26 bits per heavy atom. The number of carbonyl (C=O) groups is 6. The van der Waals surface area contributed by atoms with Gasteiger partial charge in [-0.2, -0.15) is 0 Å². The molecular formula is C53H50N6O10. The van der Waals surface area contributed by atoms with Gasteiger partial charge < -0.3 is 28.7 Å². The van der Waals surface area contributed by atoms with E-state index in [0.29, 0.717) is 18.1 Å². The van der Waals surface area contributed by atoms with Crippen molar-refractivity contribution in [2.45, 2.75) is 68.1 Å². The van der Waals surface area contributed by atoms with Crippen molar-refractivity contribution in [1.82, 2.24) is 9.80 Å². The van der Waals surface area contributed by atoms with Crippen LogP contribution in [-0.2, 0) is 71.6 Å². The number of hydrogen-bond acceptors (Lipinski definition) is 14. The van der Waals surface area contributed by atoms with Gasteiger partial charge in [-0.15, -0.1) is 0 Å². The number of methoxy groups -OCH3 is 4. The molecule has 2 fully saturated rings. The second-order valence-corrected chi connectivity index (χ2v) is 17.8. The Morgan fingerprint density at radius 1 is 0.522 bits per heavy atom. The average molecular weight is 931 g/mol. The molecule has 2 amide bonds. The van der Waals surface area contributed by atoms with Gasteiger partial charge in [-0.1, -0.05) is 97.1 Å². The first-order valence-electron chi connectivity index (χ1n) is 22.9. The number of nitrogens with zero attached hydrogens (tertiary/aromatic N) is 6. The van der Waals surface area contributed by atoms with E-state index < -0.39 is 46.8 Å². The number of likely N-dealkylation sites (tertiary alicyclic amines) is 2. The lowest BCUT2D eigenvalue weighted by Gasteiger charge is -2.49. The summed E-state index contributed by atoms with van der Waals surface area (Å²) in [6.45, 7) is 0.935. The molecule has 6 aliphatic rings. The van der Waals surface area contributed by atoms with E-state index in [9.17, 15) is 28.8 Å². The first-order chi connectivity index (χ1) is 33.5. The average Bonchev–Trinajstić information content (AvgIpc) is 3.83. The van der Waals surface area contributed by atoms with Crippen molar-refractivity contribution in [2.24, 2.45) is 9.98 Å². The van der Waals surface area contributed by atoms with Gasteiger partial charge in [0.2, 0.25) is 11.8 Å². The first kappa shape index (κ1) is 44.9. The zero-order valence-electron chi connectivity index (χ0n) is 38.7. The van der Waals surface area contributed by atoms with Crippen molar-refractivity contribution in [3.8, 4) is 0 Å². The molecule has 2 spiro atoms. The quantitative estimate of drug-likeness (QED) is 0.133. The topological polar surface area (TPSA) is 177 Å². The summed E-state index contributed by atoms with van der Waals surface area (Å²) in [5.74, 6) is -2.88. The lowest BCUT2D eigenvalue weighted by Crippen LogP contribution is -2.63. The van der Waals surface area contributed by atoms with Crippen molar-refractivity contribution in [2.75, 3.05) is 51.3 Å². The Bertz CT molecular complexity index is 2750. The van der Waals surface area contributed by atoms with Crippen LogP contribution in [0.4, 0.5) is 11.4 Å². The van der Waals surface area contributed by atoms with Crippen LogP contribution in [0.1, 0.15) is 54.4 Å². The molecule has 6 heterocycles. The molecule has 0 aliphatic carbocycles. The number of benzene rings is 4. The van der Waals surface area contributed by atoms with Crippen LogP contribution in [0, 0.1) is 0 Å². The van der Waals surface area contributed by atoms with Crippen molar-refractivity contribution in [3.63, 3.8) is 0 Å². The van der Waals surface area contributed by atoms with Gasteiger partial charge in [0, 0.05) is 37.3 Å². The number of fused-ring (bicyclic) bond motifs is 2. The minimum atomic E-state index is -1.08. The highest BCUT2D eigenvalue weighted by Gasteiger charge is 2.65. The van der Waals surface area contributed by atoms with Crippen LogP contribution >= 0.6 is 0 Å². The van der Waals surface area contributed by atoms with Crippen molar-refractivity contribution < 1.29 is 47.7 Å². The van der Waals surface area contributed by atoms with Gasteiger partial charge in [-0.3, -0.25) is 19.4 Å². The third kappa shape index (κ3) is 6.86. The molecule has 0 aromatic heterocycles. The Labute approximate surface area is 398 Å². The molecule has 6 aliphatic heterocycles. The lowest BCUT2D eigenvalue weighted by atomic mass is 9.65. The third-order valence-corrected chi connectivity index (χ3v) is 14.5. The van der Waals surface area contributed by atoms with E-state index in [1.165, 1.54) is 28.4 Å². The van der Waals surface area contributed by atoms with E-state index in [2.05, 4.69) is 9.80 Å².